The molecular formula is C17H31Cl2N3O. The molecule has 4 unspecified atom stereocenters. The Morgan fingerprint density at radius 3 is 2.48 bits per heavy atom. The lowest BCUT2D eigenvalue weighted by atomic mass is 9.89. The highest BCUT2D eigenvalue weighted by atomic mass is 35.5. The lowest BCUT2D eigenvalue weighted by Crippen LogP contribution is -2.57. The summed E-state index contributed by atoms with van der Waals surface area (Å²) in [6.07, 6.45) is 8.50. The van der Waals surface area contributed by atoms with Crippen LogP contribution in [0.1, 0.15) is 51.9 Å². The Balaban J connectivity index is 0.000000960. The summed E-state index contributed by atoms with van der Waals surface area (Å²) in [4.78, 5) is 17.6. The molecule has 0 aliphatic carbocycles. The summed E-state index contributed by atoms with van der Waals surface area (Å²) in [5.74, 6) is 1.06. The maximum atomic E-state index is 12.8. The average molecular weight is 364 g/mol. The van der Waals surface area contributed by atoms with Gasteiger partial charge in [0.05, 0.1) is 0 Å². The van der Waals surface area contributed by atoms with Crippen LogP contribution in [0.3, 0.4) is 0 Å². The molecule has 4 saturated heterocycles. The van der Waals surface area contributed by atoms with E-state index in [0.29, 0.717) is 36.0 Å². The van der Waals surface area contributed by atoms with Crippen LogP contribution in [0.15, 0.2) is 0 Å². The number of fused-ring (bicyclic) bond motifs is 3. The SMILES string of the molecule is CC1CN2CCCC2CN1C(=O)CC1CC2CCC(C1)N2.Cl.Cl. The fourth-order valence-electron chi connectivity index (χ4n) is 5.24. The van der Waals surface area contributed by atoms with Crippen molar-refractivity contribution in [1.82, 2.24) is 15.1 Å². The van der Waals surface area contributed by atoms with Crippen molar-refractivity contribution < 1.29 is 4.79 Å². The van der Waals surface area contributed by atoms with Crippen molar-refractivity contribution in [2.75, 3.05) is 19.6 Å². The number of piperazine rings is 1. The molecule has 1 N–H and O–H groups in total. The number of rotatable bonds is 2. The first kappa shape index (κ1) is 19.3. The van der Waals surface area contributed by atoms with E-state index in [4.69, 9.17) is 0 Å². The topological polar surface area (TPSA) is 35.6 Å². The quantitative estimate of drug-likeness (QED) is 0.818. The maximum Gasteiger partial charge on any atom is 0.223 e. The van der Waals surface area contributed by atoms with E-state index in [0.717, 1.165) is 19.5 Å². The number of amides is 1. The number of carbonyl (C=O) groups is 1. The van der Waals surface area contributed by atoms with E-state index >= 15 is 0 Å². The van der Waals surface area contributed by atoms with Gasteiger partial charge in [-0.05, 0) is 57.9 Å². The molecule has 4 fully saturated rings. The number of nitrogens with zero attached hydrogens (tertiary/aromatic N) is 2. The maximum absolute atomic E-state index is 12.8. The first-order valence-corrected chi connectivity index (χ1v) is 8.98. The smallest absolute Gasteiger partial charge is 0.223 e. The van der Waals surface area contributed by atoms with Crippen LogP contribution in [0.2, 0.25) is 0 Å². The van der Waals surface area contributed by atoms with E-state index in [1.807, 2.05) is 0 Å². The molecule has 4 aliphatic heterocycles. The van der Waals surface area contributed by atoms with Crippen molar-refractivity contribution in [3.63, 3.8) is 0 Å². The molecule has 6 heteroatoms. The van der Waals surface area contributed by atoms with Gasteiger partial charge >= 0.3 is 0 Å². The van der Waals surface area contributed by atoms with Crippen LogP contribution >= 0.6 is 24.8 Å². The van der Waals surface area contributed by atoms with Crippen LogP contribution in [-0.4, -0.2) is 59.5 Å². The second-order valence-electron chi connectivity index (χ2n) is 7.87. The predicted molar refractivity (Wildman–Crippen MR) is 97.6 cm³/mol. The van der Waals surface area contributed by atoms with Crippen LogP contribution in [0.4, 0.5) is 0 Å². The molecular weight excluding hydrogens is 333 g/mol. The van der Waals surface area contributed by atoms with Crippen molar-refractivity contribution in [2.24, 2.45) is 5.92 Å². The highest BCUT2D eigenvalue weighted by molar-refractivity contribution is 5.85. The second kappa shape index (κ2) is 7.90. The van der Waals surface area contributed by atoms with Gasteiger partial charge in [-0.15, -0.1) is 24.8 Å². The zero-order valence-corrected chi connectivity index (χ0v) is 15.7. The van der Waals surface area contributed by atoms with Gasteiger partial charge in [0.1, 0.15) is 0 Å². The number of nitrogens with one attached hydrogen (secondary N) is 1. The largest absolute Gasteiger partial charge is 0.337 e. The van der Waals surface area contributed by atoms with E-state index in [2.05, 4.69) is 22.0 Å². The minimum absolute atomic E-state index is 0. The molecule has 134 valence electrons. The van der Waals surface area contributed by atoms with Gasteiger partial charge in [0, 0.05) is 43.7 Å². The Hall–Kier alpha value is -0.0300. The van der Waals surface area contributed by atoms with E-state index < -0.39 is 0 Å². The van der Waals surface area contributed by atoms with Gasteiger partial charge < -0.3 is 10.2 Å². The number of piperidine rings is 1. The Morgan fingerprint density at radius 2 is 1.78 bits per heavy atom. The van der Waals surface area contributed by atoms with Gasteiger partial charge in [0.15, 0.2) is 0 Å². The zero-order chi connectivity index (χ0) is 14.4. The lowest BCUT2D eigenvalue weighted by Gasteiger charge is -2.43. The summed E-state index contributed by atoms with van der Waals surface area (Å²) in [5.41, 5.74) is 0. The predicted octanol–water partition coefficient (Wildman–Crippen LogP) is 2.45. The summed E-state index contributed by atoms with van der Waals surface area (Å²) >= 11 is 0. The van der Waals surface area contributed by atoms with Crippen LogP contribution < -0.4 is 5.32 Å². The van der Waals surface area contributed by atoms with Crippen LogP contribution in [0.5, 0.6) is 0 Å². The summed E-state index contributed by atoms with van der Waals surface area (Å²) in [5, 5.41) is 3.68. The summed E-state index contributed by atoms with van der Waals surface area (Å²) < 4.78 is 0. The van der Waals surface area contributed by atoms with Gasteiger partial charge in [-0.3, -0.25) is 9.69 Å². The molecule has 1 amide bonds. The van der Waals surface area contributed by atoms with Gasteiger partial charge in [-0.1, -0.05) is 0 Å². The van der Waals surface area contributed by atoms with Gasteiger partial charge in [0.25, 0.3) is 0 Å². The average Bonchev–Trinajstić information content (AvgIpc) is 3.03. The molecule has 0 radical (unpaired) electrons. The summed E-state index contributed by atoms with van der Waals surface area (Å²) in [6, 6.07) is 2.45. The first-order valence-electron chi connectivity index (χ1n) is 8.98. The van der Waals surface area contributed by atoms with Crippen LogP contribution in [0, 0.1) is 5.92 Å². The fourth-order valence-corrected chi connectivity index (χ4v) is 5.24. The number of hydrogen-bond donors (Lipinski definition) is 1. The van der Waals surface area contributed by atoms with E-state index in [1.54, 1.807) is 0 Å². The van der Waals surface area contributed by atoms with Gasteiger partial charge in [-0.2, -0.15) is 0 Å². The van der Waals surface area contributed by atoms with E-state index in [1.165, 1.54) is 45.1 Å². The van der Waals surface area contributed by atoms with Crippen molar-refractivity contribution >= 4 is 30.7 Å². The minimum Gasteiger partial charge on any atom is -0.337 e. The molecule has 0 saturated carbocycles. The third kappa shape index (κ3) is 3.97. The van der Waals surface area contributed by atoms with Gasteiger partial charge in [-0.25, -0.2) is 0 Å². The molecule has 4 aliphatic rings. The van der Waals surface area contributed by atoms with Crippen molar-refractivity contribution in [3.8, 4) is 0 Å². The third-order valence-corrected chi connectivity index (χ3v) is 6.29. The molecule has 4 nitrogen and oxygen atoms in total. The zero-order valence-electron chi connectivity index (χ0n) is 14.1. The van der Waals surface area contributed by atoms with Crippen LogP contribution in [-0.2, 0) is 4.79 Å². The van der Waals surface area contributed by atoms with E-state index in [-0.39, 0.29) is 24.8 Å². The first-order chi connectivity index (χ1) is 10.2. The normalized spacial score (nSPS) is 39.3. The van der Waals surface area contributed by atoms with Crippen molar-refractivity contribution in [3.05, 3.63) is 0 Å². The Morgan fingerprint density at radius 1 is 1.09 bits per heavy atom. The highest BCUT2D eigenvalue weighted by Gasteiger charge is 2.39. The monoisotopic (exact) mass is 363 g/mol. The Labute approximate surface area is 152 Å². The van der Waals surface area contributed by atoms with Crippen LogP contribution in [0.25, 0.3) is 0 Å². The standard InChI is InChI=1S/C17H29N3O.2ClH/c1-12-10-19-6-2-3-16(19)11-20(12)17(21)9-13-7-14-4-5-15(8-13)18-14;;/h12-16,18H,2-11H2,1H3;2*1H. The molecule has 0 spiro atoms. The number of carbonyl (C=O) groups excluding carboxylic acids is 1. The Kier molecular flexibility index (Phi) is 6.63. The molecule has 4 atom stereocenters. The molecule has 4 heterocycles. The number of halogens is 2. The highest BCUT2D eigenvalue weighted by Crippen LogP contribution is 2.33. The van der Waals surface area contributed by atoms with E-state index in [9.17, 15) is 4.79 Å². The molecule has 0 aromatic rings. The van der Waals surface area contributed by atoms with Crippen molar-refractivity contribution in [2.45, 2.75) is 76.0 Å². The number of hydrogen-bond acceptors (Lipinski definition) is 3. The third-order valence-electron chi connectivity index (χ3n) is 6.29. The van der Waals surface area contributed by atoms with Gasteiger partial charge in [0.2, 0.25) is 5.91 Å². The summed E-state index contributed by atoms with van der Waals surface area (Å²) in [7, 11) is 0. The molecule has 0 aromatic heterocycles. The molecule has 23 heavy (non-hydrogen) atoms. The lowest BCUT2D eigenvalue weighted by molar-refractivity contribution is -0.138. The van der Waals surface area contributed by atoms with Crippen molar-refractivity contribution in [1.29, 1.82) is 0 Å². The molecule has 0 aromatic carbocycles. The minimum atomic E-state index is 0. The molecule has 4 rings (SSSR count). The Bertz CT molecular complexity index is 411. The summed E-state index contributed by atoms with van der Waals surface area (Å²) in [6.45, 7) is 5.55. The molecule has 2 bridgehead atoms. The second-order valence-corrected chi connectivity index (χ2v) is 7.87. The fraction of sp³-hybridized carbons (Fsp3) is 0.941.